The van der Waals surface area contributed by atoms with E-state index in [0.29, 0.717) is 12.8 Å². The smallest absolute Gasteiger partial charge is 0.220 e. The molecule has 0 aromatic carbocycles. The molecule has 12 N–H and O–H groups in total. The largest absolute Gasteiger partial charge is 0.394 e. The molecule has 86 heavy (non-hydrogen) atoms. The molecule has 0 aliphatic carbocycles. The molecule has 19 nitrogen and oxygen atoms in total. The zero-order chi connectivity index (χ0) is 62.6. The Bertz CT molecular complexity index is 1710. The molecule has 1 amide bonds. The number of carbonyl (C=O) groups excluding carboxylic acids is 1. The lowest BCUT2D eigenvalue weighted by molar-refractivity contribution is -0.379. The van der Waals surface area contributed by atoms with E-state index in [1.54, 1.807) is 6.08 Å². The molecule has 3 fully saturated rings. The second kappa shape index (κ2) is 49.7. The normalized spacial score (nSPS) is 29.0. The van der Waals surface area contributed by atoms with Crippen LogP contribution in [0.3, 0.4) is 0 Å². The third-order valence-corrected chi connectivity index (χ3v) is 17.2. The first-order valence-electron chi connectivity index (χ1n) is 34.2. The summed E-state index contributed by atoms with van der Waals surface area (Å²) in [4.78, 5) is 13.4. The molecule has 0 spiro atoms. The Kier molecular flexibility index (Phi) is 45.2. The van der Waals surface area contributed by atoms with Crippen molar-refractivity contribution in [2.24, 2.45) is 0 Å². The SMILES string of the molecule is CCCC/C=C/CC/C=C/CC/C=C/C(O)C(COC1OC(CO)C(OC2OC(CO)C(OC3OC(CO)C(O)C(O)C3O)C(O)C2O)C(O)C1O)NC(=O)CCCCCCCCCCCCCCCCCCCCCCCCCCCCCCC. The molecule has 17 atom stereocenters. The van der Waals surface area contributed by atoms with Crippen LogP contribution in [0.4, 0.5) is 0 Å². The van der Waals surface area contributed by atoms with Gasteiger partial charge in [-0.1, -0.05) is 243 Å². The van der Waals surface area contributed by atoms with E-state index in [9.17, 15) is 61.0 Å². The fraction of sp³-hybridized carbons (Fsp3) is 0.896. The number of aliphatic hydroxyl groups excluding tert-OH is 11. The highest BCUT2D eigenvalue weighted by molar-refractivity contribution is 5.76. The Morgan fingerprint density at radius 2 is 0.744 bits per heavy atom. The molecule has 17 unspecified atom stereocenters. The van der Waals surface area contributed by atoms with E-state index in [1.807, 2.05) is 6.08 Å². The molecule has 3 saturated heterocycles. The number of nitrogens with one attached hydrogen (secondary N) is 1. The average molecular weight is 1230 g/mol. The average Bonchev–Trinajstić information content (AvgIpc) is 3.36. The third-order valence-electron chi connectivity index (χ3n) is 17.2. The number of aliphatic hydroxyl groups is 11. The number of unbranched alkanes of at least 4 members (excludes halogenated alkanes) is 32. The molecular weight excluding hydrogens is 1110 g/mol. The Hall–Kier alpha value is -1.99. The molecule has 504 valence electrons. The van der Waals surface area contributed by atoms with E-state index in [4.69, 9.17) is 28.4 Å². The van der Waals surface area contributed by atoms with E-state index >= 15 is 0 Å². The first-order valence-corrected chi connectivity index (χ1v) is 34.2. The second-order valence-corrected chi connectivity index (χ2v) is 24.6. The number of hydrogen-bond acceptors (Lipinski definition) is 18. The fourth-order valence-corrected chi connectivity index (χ4v) is 11.6. The summed E-state index contributed by atoms with van der Waals surface area (Å²) in [6.07, 6.45) is 30.2. The topological polar surface area (TPSA) is 307 Å². The minimum absolute atomic E-state index is 0.236. The summed E-state index contributed by atoms with van der Waals surface area (Å²) in [5, 5.41) is 120. The Balaban J connectivity index is 1.38. The van der Waals surface area contributed by atoms with Gasteiger partial charge in [0.2, 0.25) is 5.91 Å². The summed E-state index contributed by atoms with van der Waals surface area (Å²) in [6, 6.07) is -0.993. The highest BCUT2D eigenvalue weighted by Crippen LogP contribution is 2.33. The van der Waals surface area contributed by atoms with Crippen molar-refractivity contribution in [1.29, 1.82) is 0 Å². The molecule has 3 aliphatic heterocycles. The first-order chi connectivity index (χ1) is 41.8. The Morgan fingerprint density at radius 3 is 1.15 bits per heavy atom. The monoisotopic (exact) mass is 1230 g/mol. The van der Waals surface area contributed by atoms with Crippen molar-refractivity contribution in [3.8, 4) is 0 Å². The van der Waals surface area contributed by atoms with Crippen LogP contribution in [0.25, 0.3) is 0 Å². The van der Waals surface area contributed by atoms with Gasteiger partial charge in [-0.3, -0.25) is 4.79 Å². The quantitative estimate of drug-likeness (QED) is 0.0201. The van der Waals surface area contributed by atoms with Crippen LogP contribution in [0.5, 0.6) is 0 Å². The predicted octanol–water partition coefficient (Wildman–Crippen LogP) is 8.44. The molecule has 3 aliphatic rings. The minimum Gasteiger partial charge on any atom is -0.394 e. The van der Waals surface area contributed by atoms with Gasteiger partial charge in [-0.05, 0) is 38.5 Å². The summed E-state index contributed by atoms with van der Waals surface area (Å²) >= 11 is 0. The lowest BCUT2D eigenvalue weighted by Crippen LogP contribution is -2.66. The van der Waals surface area contributed by atoms with E-state index in [0.717, 1.165) is 44.9 Å². The number of carbonyl (C=O) groups is 1. The van der Waals surface area contributed by atoms with Crippen LogP contribution in [0, 0.1) is 0 Å². The van der Waals surface area contributed by atoms with Crippen LogP contribution in [-0.4, -0.2) is 193 Å². The highest BCUT2D eigenvalue weighted by Gasteiger charge is 2.53. The summed E-state index contributed by atoms with van der Waals surface area (Å²) < 4.78 is 34.2. The van der Waals surface area contributed by atoms with Crippen LogP contribution in [0.2, 0.25) is 0 Å². The summed E-state index contributed by atoms with van der Waals surface area (Å²) in [5.74, 6) is -0.287. The molecule has 0 radical (unpaired) electrons. The zero-order valence-corrected chi connectivity index (χ0v) is 53.0. The van der Waals surface area contributed by atoms with Gasteiger partial charge < -0.3 is 89.9 Å². The van der Waals surface area contributed by atoms with Gasteiger partial charge in [-0.15, -0.1) is 0 Å². The van der Waals surface area contributed by atoms with Crippen molar-refractivity contribution < 1.29 is 89.4 Å². The van der Waals surface area contributed by atoms with Crippen LogP contribution < -0.4 is 5.32 Å². The van der Waals surface area contributed by atoms with Gasteiger partial charge in [-0.2, -0.15) is 0 Å². The van der Waals surface area contributed by atoms with Crippen molar-refractivity contribution in [3.05, 3.63) is 36.5 Å². The van der Waals surface area contributed by atoms with Crippen LogP contribution in [-0.2, 0) is 33.2 Å². The minimum atomic E-state index is -1.98. The summed E-state index contributed by atoms with van der Waals surface area (Å²) in [6.45, 7) is 1.66. The Labute approximate surface area is 517 Å². The van der Waals surface area contributed by atoms with Crippen LogP contribution in [0.15, 0.2) is 36.5 Å². The van der Waals surface area contributed by atoms with Crippen molar-refractivity contribution >= 4 is 5.91 Å². The van der Waals surface area contributed by atoms with Gasteiger partial charge >= 0.3 is 0 Å². The maximum Gasteiger partial charge on any atom is 0.220 e. The molecule has 0 saturated carbocycles. The van der Waals surface area contributed by atoms with E-state index in [1.165, 1.54) is 173 Å². The van der Waals surface area contributed by atoms with Crippen LogP contribution >= 0.6 is 0 Å². The fourth-order valence-electron chi connectivity index (χ4n) is 11.6. The lowest BCUT2D eigenvalue weighted by Gasteiger charge is -2.48. The molecule has 0 aromatic rings. The number of amides is 1. The van der Waals surface area contributed by atoms with Crippen LogP contribution in [0.1, 0.15) is 251 Å². The van der Waals surface area contributed by atoms with Gasteiger partial charge in [-0.25, -0.2) is 0 Å². The molecule has 3 heterocycles. The van der Waals surface area contributed by atoms with Crippen molar-refractivity contribution in [3.63, 3.8) is 0 Å². The summed E-state index contributed by atoms with van der Waals surface area (Å²) in [5.41, 5.74) is 0. The van der Waals surface area contributed by atoms with Gasteiger partial charge in [0.15, 0.2) is 18.9 Å². The predicted molar refractivity (Wildman–Crippen MR) is 333 cm³/mol. The van der Waals surface area contributed by atoms with Gasteiger partial charge in [0.25, 0.3) is 0 Å². The van der Waals surface area contributed by atoms with Crippen molar-refractivity contribution in [1.82, 2.24) is 5.32 Å². The molecule has 0 bridgehead atoms. The summed E-state index contributed by atoms with van der Waals surface area (Å²) in [7, 11) is 0. The van der Waals surface area contributed by atoms with Gasteiger partial charge in [0.1, 0.15) is 73.2 Å². The van der Waals surface area contributed by atoms with E-state index in [-0.39, 0.29) is 18.9 Å². The van der Waals surface area contributed by atoms with Crippen molar-refractivity contribution in [2.45, 2.75) is 356 Å². The molecule has 19 heteroatoms. The standard InChI is InChI=1S/C67H123NO18/c1-3-5-7-9-11-13-15-17-18-19-20-21-22-23-24-25-26-27-28-29-30-31-32-33-35-37-39-41-43-45-55(73)68-50(51(72)44-42-40-38-36-34-16-14-12-10-8-6-4-2)49-81-65-61(79)58(76)63(53(47-70)83-65)86-67-62(80)59(77)64(54(48-71)84-67)85-66-60(78)57(75)56(74)52(46-69)82-66/h10,12,34,36,42,44,50-54,56-67,69-72,74-80H,3-9,11,13-33,35,37-41,43,45-49H2,1-2H3,(H,68,73)/b12-10+,36-34+,44-42+. The van der Waals surface area contributed by atoms with E-state index in [2.05, 4.69) is 43.5 Å². The number of rotatable bonds is 52. The lowest BCUT2D eigenvalue weighted by atomic mass is 9.96. The third kappa shape index (κ3) is 31.8. The molecule has 3 rings (SSSR count). The maximum atomic E-state index is 13.4. The number of allylic oxidation sites excluding steroid dienone is 5. The highest BCUT2D eigenvalue weighted by atomic mass is 16.8. The molecular formula is C67H123NO18. The maximum absolute atomic E-state index is 13.4. The van der Waals surface area contributed by atoms with Gasteiger partial charge in [0.05, 0.1) is 38.6 Å². The second-order valence-electron chi connectivity index (χ2n) is 24.6. The number of hydrogen-bond donors (Lipinski definition) is 12. The first kappa shape index (κ1) is 78.3. The van der Waals surface area contributed by atoms with Gasteiger partial charge in [0, 0.05) is 6.42 Å². The van der Waals surface area contributed by atoms with E-state index < -0.39 is 124 Å². The van der Waals surface area contributed by atoms with Crippen molar-refractivity contribution in [2.75, 3.05) is 26.4 Å². The Morgan fingerprint density at radius 1 is 0.407 bits per heavy atom. The number of ether oxygens (including phenoxy) is 6. The molecule has 0 aromatic heterocycles. The zero-order valence-electron chi connectivity index (χ0n) is 53.0.